The lowest BCUT2D eigenvalue weighted by molar-refractivity contribution is 0.138. The molecule has 7 heteroatoms. The topological polar surface area (TPSA) is 42.0 Å². The smallest absolute Gasteiger partial charge is 0.416 e. The van der Waals surface area contributed by atoms with Gasteiger partial charge in [0.15, 0.2) is 0 Å². The molecule has 0 bridgehead atoms. The molecule has 3 aromatic carbocycles. The summed E-state index contributed by atoms with van der Waals surface area (Å²) >= 11 is 6.37. The molecule has 0 radical (unpaired) electrons. The number of aryl methyl sites for hydroxylation is 1. The Labute approximate surface area is 252 Å². The minimum absolute atomic E-state index is 0.261. The predicted molar refractivity (Wildman–Crippen MR) is 165 cm³/mol. The van der Waals surface area contributed by atoms with Crippen LogP contribution >= 0.6 is 11.6 Å². The Morgan fingerprint density at radius 1 is 1.00 bits per heavy atom. The van der Waals surface area contributed by atoms with Crippen molar-refractivity contribution in [1.29, 1.82) is 0 Å². The van der Waals surface area contributed by atoms with Gasteiger partial charge in [-0.05, 0) is 129 Å². The first kappa shape index (κ1) is 29.7. The monoisotopic (exact) mass is 586 g/mol. The van der Waals surface area contributed by atoms with Gasteiger partial charge in [-0.25, -0.2) is 9.18 Å². The maximum Gasteiger partial charge on any atom is 0.416 e. The van der Waals surface area contributed by atoms with E-state index in [4.69, 9.17) is 27.5 Å². The van der Waals surface area contributed by atoms with Crippen LogP contribution in [0.4, 0.5) is 9.18 Å². The molecule has 1 saturated heterocycles. The SMILES string of the molecule is C#CC1=C(c2cc(Cl)ccc2C)CCN(C(=O)Oc2ccc(F)cc2)C1c1ccc(OCCCCN2CCCC2)cc1. The number of benzene rings is 3. The molecule has 42 heavy (non-hydrogen) atoms. The van der Waals surface area contributed by atoms with E-state index in [0.29, 0.717) is 30.2 Å². The van der Waals surface area contributed by atoms with E-state index in [0.717, 1.165) is 47.4 Å². The van der Waals surface area contributed by atoms with Gasteiger partial charge in [0.2, 0.25) is 0 Å². The van der Waals surface area contributed by atoms with Gasteiger partial charge in [0.05, 0.1) is 12.6 Å². The van der Waals surface area contributed by atoms with Gasteiger partial charge in [-0.15, -0.1) is 6.42 Å². The number of carbonyl (C=O) groups excluding carboxylic acids is 1. The molecule has 2 heterocycles. The molecule has 0 N–H and O–H groups in total. The third-order valence-corrected chi connectivity index (χ3v) is 8.21. The van der Waals surface area contributed by atoms with Crippen LogP contribution in [0.1, 0.15) is 54.8 Å². The van der Waals surface area contributed by atoms with E-state index in [1.807, 2.05) is 49.4 Å². The van der Waals surface area contributed by atoms with Gasteiger partial charge >= 0.3 is 6.09 Å². The number of rotatable bonds is 9. The fraction of sp³-hybridized carbons (Fsp3) is 0.343. The van der Waals surface area contributed by atoms with E-state index in [9.17, 15) is 9.18 Å². The second-order valence-electron chi connectivity index (χ2n) is 10.8. The number of unbranched alkanes of at least 4 members (excludes halogenated alkanes) is 1. The van der Waals surface area contributed by atoms with Crippen LogP contribution in [0.15, 0.2) is 72.3 Å². The van der Waals surface area contributed by atoms with Crippen LogP contribution in [0.2, 0.25) is 5.02 Å². The molecular weight excluding hydrogens is 551 g/mol. The molecule has 0 spiro atoms. The number of likely N-dealkylation sites (tertiary alicyclic amines) is 1. The number of ether oxygens (including phenoxy) is 2. The average molecular weight is 587 g/mol. The number of amides is 1. The maximum absolute atomic E-state index is 13.5. The second-order valence-corrected chi connectivity index (χ2v) is 11.3. The van der Waals surface area contributed by atoms with E-state index in [1.165, 1.54) is 50.2 Å². The van der Waals surface area contributed by atoms with Crippen molar-refractivity contribution in [3.8, 4) is 23.8 Å². The molecule has 1 unspecified atom stereocenters. The third kappa shape index (κ3) is 7.15. The van der Waals surface area contributed by atoms with Gasteiger partial charge in [0.1, 0.15) is 17.3 Å². The van der Waals surface area contributed by atoms with Gasteiger partial charge in [-0.1, -0.05) is 35.7 Å². The lowest BCUT2D eigenvalue weighted by Gasteiger charge is -2.37. The number of hydrogen-bond donors (Lipinski definition) is 0. The van der Waals surface area contributed by atoms with E-state index in [1.54, 1.807) is 4.90 Å². The first-order valence-corrected chi connectivity index (χ1v) is 15.0. The van der Waals surface area contributed by atoms with Gasteiger partial charge < -0.3 is 14.4 Å². The van der Waals surface area contributed by atoms with Gasteiger partial charge in [0, 0.05) is 17.1 Å². The Morgan fingerprint density at radius 3 is 2.43 bits per heavy atom. The van der Waals surface area contributed by atoms with Gasteiger partial charge in [-0.3, -0.25) is 4.90 Å². The van der Waals surface area contributed by atoms with Crippen LogP contribution in [0.25, 0.3) is 5.57 Å². The van der Waals surface area contributed by atoms with E-state index >= 15 is 0 Å². The fourth-order valence-corrected chi connectivity index (χ4v) is 5.94. The highest BCUT2D eigenvalue weighted by Gasteiger charge is 2.35. The number of hydrogen-bond acceptors (Lipinski definition) is 4. The molecule has 5 rings (SSSR count). The molecule has 5 nitrogen and oxygen atoms in total. The molecule has 1 amide bonds. The molecule has 0 saturated carbocycles. The van der Waals surface area contributed by atoms with E-state index in [-0.39, 0.29) is 5.75 Å². The normalized spacial score (nSPS) is 17.3. The van der Waals surface area contributed by atoms with Gasteiger partial charge in [-0.2, -0.15) is 0 Å². The molecular formula is C35H36ClFN2O3. The molecule has 0 aromatic heterocycles. The largest absolute Gasteiger partial charge is 0.494 e. The van der Waals surface area contributed by atoms with Crippen molar-refractivity contribution >= 4 is 23.3 Å². The maximum atomic E-state index is 13.5. The predicted octanol–water partition coefficient (Wildman–Crippen LogP) is 8.08. The zero-order valence-electron chi connectivity index (χ0n) is 24.0. The van der Waals surface area contributed by atoms with Crippen LogP contribution in [0.5, 0.6) is 11.5 Å². The fourth-order valence-electron chi connectivity index (χ4n) is 5.77. The van der Waals surface area contributed by atoms with Crippen LogP contribution in [0.3, 0.4) is 0 Å². The highest BCUT2D eigenvalue weighted by Crippen LogP contribution is 2.41. The zero-order chi connectivity index (χ0) is 29.5. The number of halogens is 2. The summed E-state index contributed by atoms with van der Waals surface area (Å²) in [6.07, 6.45) is 10.9. The lowest BCUT2D eigenvalue weighted by Crippen LogP contribution is -2.41. The van der Waals surface area contributed by atoms with Crippen molar-refractivity contribution in [3.05, 3.63) is 99.8 Å². The van der Waals surface area contributed by atoms with Crippen LogP contribution in [-0.2, 0) is 0 Å². The molecule has 3 aromatic rings. The molecule has 218 valence electrons. The molecule has 2 aliphatic heterocycles. The number of carbonyl (C=O) groups is 1. The Morgan fingerprint density at radius 2 is 1.71 bits per heavy atom. The van der Waals surface area contributed by atoms with Gasteiger partial charge in [0.25, 0.3) is 0 Å². The Balaban J connectivity index is 1.38. The molecule has 1 fully saturated rings. The summed E-state index contributed by atoms with van der Waals surface area (Å²) in [5.74, 6) is 3.52. The minimum atomic E-state index is -0.556. The molecule has 0 aliphatic carbocycles. The summed E-state index contributed by atoms with van der Waals surface area (Å²) in [7, 11) is 0. The molecule has 1 atom stereocenters. The summed E-state index contributed by atoms with van der Waals surface area (Å²) in [5, 5.41) is 0.621. The van der Waals surface area contributed by atoms with E-state index < -0.39 is 18.0 Å². The second kappa shape index (κ2) is 13.9. The Bertz CT molecular complexity index is 1460. The Kier molecular flexibility index (Phi) is 9.84. The minimum Gasteiger partial charge on any atom is -0.494 e. The standard InChI is InChI=1S/C35H36ClFN2O3/c1-3-31-32(33-24-27(36)11-8-25(33)2)18-22-39(35(40)42-30-16-12-28(37)13-17-30)34(31)26-9-14-29(15-10-26)41-23-7-6-21-38-19-4-5-20-38/h1,8-17,24,34H,4-7,18-23H2,2H3. The van der Waals surface area contributed by atoms with Crippen LogP contribution in [0, 0.1) is 25.1 Å². The summed E-state index contributed by atoms with van der Waals surface area (Å²) in [4.78, 5) is 17.6. The zero-order valence-corrected chi connectivity index (χ0v) is 24.7. The summed E-state index contributed by atoms with van der Waals surface area (Å²) in [6, 6.07) is 18.3. The van der Waals surface area contributed by atoms with Crippen molar-refractivity contribution in [2.45, 2.75) is 45.1 Å². The first-order chi connectivity index (χ1) is 20.4. The summed E-state index contributed by atoms with van der Waals surface area (Å²) in [5.41, 5.74) is 4.53. The number of terminal acetylenes is 1. The van der Waals surface area contributed by atoms with Crippen molar-refractivity contribution in [2.24, 2.45) is 0 Å². The molecule has 2 aliphatic rings. The van der Waals surface area contributed by atoms with Crippen molar-refractivity contribution in [3.63, 3.8) is 0 Å². The lowest BCUT2D eigenvalue weighted by atomic mass is 9.84. The average Bonchev–Trinajstić information content (AvgIpc) is 3.52. The van der Waals surface area contributed by atoms with Crippen molar-refractivity contribution < 1.29 is 18.7 Å². The quantitative estimate of drug-likeness (QED) is 0.188. The highest BCUT2D eigenvalue weighted by molar-refractivity contribution is 6.30. The van der Waals surface area contributed by atoms with Crippen LogP contribution < -0.4 is 9.47 Å². The van der Waals surface area contributed by atoms with Crippen LogP contribution in [-0.4, -0.2) is 48.7 Å². The Hall–Kier alpha value is -3.79. The highest BCUT2D eigenvalue weighted by atomic mass is 35.5. The first-order valence-electron chi connectivity index (χ1n) is 14.6. The summed E-state index contributed by atoms with van der Waals surface area (Å²) < 4.78 is 25.1. The summed E-state index contributed by atoms with van der Waals surface area (Å²) in [6.45, 7) is 6.61. The van der Waals surface area contributed by atoms with Crippen molar-refractivity contribution in [2.75, 3.05) is 32.8 Å². The number of nitrogens with zero attached hydrogens (tertiary/aromatic N) is 2. The van der Waals surface area contributed by atoms with Crippen molar-refractivity contribution in [1.82, 2.24) is 9.80 Å². The third-order valence-electron chi connectivity index (χ3n) is 7.98. The van der Waals surface area contributed by atoms with E-state index in [2.05, 4.69) is 10.8 Å².